The zero-order valence-corrected chi connectivity index (χ0v) is 12.8. The molecule has 1 amide bonds. The van der Waals surface area contributed by atoms with Gasteiger partial charge in [-0.2, -0.15) is 11.8 Å². The van der Waals surface area contributed by atoms with E-state index in [1.165, 1.54) is 19.4 Å². The fourth-order valence-corrected chi connectivity index (χ4v) is 2.71. The number of thioether (sulfide) groups is 1. The summed E-state index contributed by atoms with van der Waals surface area (Å²) in [5.41, 5.74) is 0. The minimum Gasteiger partial charge on any atom is -0.343 e. The Hall–Kier alpha value is 0.0700. The van der Waals surface area contributed by atoms with E-state index in [4.69, 9.17) is 0 Å². The van der Waals surface area contributed by atoms with Crippen molar-refractivity contribution in [2.45, 2.75) is 38.1 Å². The molecule has 1 saturated heterocycles. The SMILES string of the molecule is CSCCC(=O)N1CCC(NCC2CC2)CC1.Cl. The molecule has 1 aliphatic carbocycles. The minimum absolute atomic E-state index is 0. The van der Waals surface area contributed by atoms with E-state index >= 15 is 0 Å². The van der Waals surface area contributed by atoms with Gasteiger partial charge in [0.05, 0.1) is 0 Å². The van der Waals surface area contributed by atoms with Gasteiger partial charge in [-0.25, -0.2) is 0 Å². The molecule has 2 fully saturated rings. The fourth-order valence-electron chi connectivity index (χ4n) is 2.34. The molecule has 18 heavy (non-hydrogen) atoms. The first-order valence-electron chi connectivity index (χ1n) is 6.79. The highest BCUT2D eigenvalue weighted by molar-refractivity contribution is 7.98. The van der Waals surface area contributed by atoms with E-state index in [2.05, 4.69) is 11.6 Å². The number of hydrogen-bond acceptors (Lipinski definition) is 3. The minimum atomic E-state index is 0. The number of nitrogens with zero attached hydrogens (tertiary/aromatic N) is 1. The fraction of sp³-hybridized carbons (Fsp3) is 0.923. The third-order valence-electron chi connectivity index (χ3n) is 3.76. The van der Waals surface area contributed by atoms with Gasteiger partial charge >= 0.3 is 0 Å². The van der Waals surface area contributed by atoms with Gasteiger partial charge in [0.15, 0.2) is 0 Å². The molecule has 0 spiro atoms. The van der Waals surface area contributed by atoms with E-state index in [0.717, 1.165) is 37.6 Å². The van der Waals surface area contributed by atoms with Crippen LogP contribution in [0.15, 0.2) is 0 Å². The number of carbonyl (C=O) groups is 1. The first-order valence-corrected chi connectivity index (χ1v) is 8.19. The van der Waals surface area contributed by atoms with Gasteiger partial charge < -0.3 is 10.2 Å². The Morgan fingerprint density at radius 1 is 1.28 bits per heavy atom. The number of nitrogens with one attached hydrogen (secondary N) is 1. The summed E-state index contributed by atoms with van der Waals surface area (Å²) in [6, 6.07) is 0.653. The lowest BCUT2D eigenvalue weighted by Gasteiger charge is -2.32. The Morgan fingerprint density at radius 2 is 1.94 bits per heavy atom. The maximum atomic E-state index is 11.8. The molecule has 0 bridgehead atoms. The molecule has 0 aromatic rings. The number of likely N-dealkylation sites (tertiary alicyclic amines) is 1. The molecule has 106 valence electrons. The summed E-state index contributed by atoms with van der Waals surface area (Å²) in [5, 5.41) is 3.64. The van der Waals surface area contributed by atoms with Crippen molar-refractivity contribution in [2.75, 3.05) is 31.6 Å². The lowest BCUT2D eigenvalue weighted by molar-refractivity contribution is -0.131. The Bertz CT molecular complexity index is 253. The monoisotopic (exact) mass is 292 g/mol. The van der Waals surface area contributed by atoms with Gasteiger partial charge in [-0.15, -0.1) is 12.4 Å². The molecule has 2 rings (SSSR count). The van der Waals surface area contributed by atoms with Crippen LogP contribution < -0.4 is 5.32 Å². The lowest BCUT2D eigenvalue weighted by Crippen LogP contribution is -2.45. The zero-order valence-electron chi connectivity index (χ0n) is 11.2. The van der Waals surface area contributed by atoms with Crippen LogP contribution in [0, 0.1) is 5.92 Å². The molecule has 0 atom stereocenters. The molecular formula is C13H25ClN2OS. The van der Waals surface area contributed by atoms with Crippen LogP contribution in [0.1, 0.15) is 32.1 Å². The molecule has 1 N–H and O–H groups in total. The van der Waals surface area contributed by atoms with E-state index in [9.17, 15) is 4.79 Å². The van der Waals surface area contributed by atoms with Crippen LogP contribution in [-0.4, -0.2) is 48.5 Å². The molecular weight excluding hydrogens is 268 g/mol. The van der Waals surface area contributed by atoms with Crippen LogP contribution in [0.25, 0.3) is 0 Å². The van der Waals surface area contributed by atoms with E-state index in [0.29, 0.717) is 18.4 Å². The molecule has 5 heteroatoms. The molecule has 1 aliphatic heterocycles. The first kappa shape index (κ1) is 16.1. The van der Waals surface area contributed by atoms with Crippen molar-refractivity contribution in [1.82, 2.24) is 10.2 Å². The number of hydrogen-bond donors (Lipinski definition) is 1. The third kappa shape index (κ3) is 5.37. The number of halogens is 1. The van der Waals surface area contributed by atoms with Crippen molar-refractivity contribution in [1.29, 1.82) is 0 Å². The standard InChI is InChI=1S/C13H24N2OS.ClH/c1-17-9-6-13(16)15-7-4-12(5-8-15)14-10-11-2-3-11;/h11-12,14H,2-10H2,1H3;1H. The van der Waals surface area contributed by atoms with E-state index in [1.807, 2.05) is 4.90 Å². The zero-order chi connectivity index (χ0) is 12.1. The highest BCUT2D eigenvalue weighted by Gasteiger charge is 2.25. The Balaban J connectivity index is 0.00000162. The normalized spacial score (nSPS) is 20.6. The van der Waals surface area contributed by atoms with Gasteiger partial charge in [0.1, 0.15) is 0 Å². The van der Waals surface area contributed by atoms with Gasteiger partial charge in [0.25, 0.3) is 0 Å². The largest absolute Gasteiger partial charge is 0.343 e. The van der Waals surface area contributed by atoms with Gasteiger partial charge in [0.2, 0.25) is 5.91 Å². The van der Waals surface area contributed by atoms with Crippen LogP contribution in [-0.2, 0) is 4.79 Å². The summed E-state index contributed by atoms with van der Waals surface area (Å²) in [6.45, 7) is 3.11. The van der Waals surface area contributed by atoms with Crippen LogP contribution >= 0.6 is 24.2 Å². The highest BCUT2D eigenvalue weighted by Crippen LogP contribution is 2.28. The maximum Gasteiger partial charge on any atom is 0.223 e. The van der Waals surface area contributed by atoms with E-state index in [1.54, 1.807) is 11.8 Å². The molecule has 0 radical (unpaired) electrons. The molecule has 0 aromatic carbocycles. The Labute approximate surface area is 121 Å². The summed E-state index contributed by atoms with van der Waals surface area (Å²) in [6.07, 6.45) is 7.87. The van der Waals surface area contributed by atoms with E-state index in [-0.39, 0.29) is 12.4 Å². The number of piperidine rings is 1. The van der Waals surface area contributed by atoms with E-state index < -0.39 is 0 Å². The van der Waals surface area contributed by atoms with Crippen molar-refractivity contribution in [3.63, 3.8) is 0 Å². The molecule has 1 heterocycles. The van der Waals surface area contributed by atoms with Gasteiger partial charge in [-0.05, 0) is 44.4 Å². The van der Waals surface area contributed by atoms with Crippen LogP contribution in [0.3, 0.4) is 0 Å². The van der Waals surface area contributed by atoms with Crippen molar-refractivity contribution in [3.05, 3.63) is 0 Å². The van der Waals surface area contributed by atoms with Crippen molar-refractivity contribution in [3.8, 4) is 0 Å². The Kier molecular flexibility index (Phi) is 7.42. The number of carbonyl (C=O) groups excluding carboxylic acids is 1. The van der Waals surface area contributed by atoms with Gasteiger partial charge in [0, 0.05) is 31.3 Å². The van der Waals surface area contributed by atoms with Gasteiger partial charge in [-0.1, -0.05) is 0 Å². The predicted molar refractivity (Wildman–Crippen MR) is 80.6 cm³/mol. The van der Waals surface area contributed by atoms with Crippen LogP contribution in [0.2, 0.25) is 0 Å². The van der Waals surface area contributed by atoms with Gasteiger partial charge in [-0.3, -0.25) is 4.79 Å². The molecule has 1 saturated carbocycles. The smallest absolute Gasteiger partial charge is 0.223 e. The predicted octanol–water partition coefficient (Wildman–Crippen LogP) is 2.15. The Morgan fingerprint density at radius 3 is 2.50 bits per heavy atom. The summed E-state index contributed by atoms with van der Waals surface area (Å²) in [7, 11) is 0. The number of amides is 1. The summed E-state index contributed by atoms with van der Waals surface area (Å²) < 4.78 is 0. The lowest BCUT2D eigenvalue weighted by atomic mass is 10.0. The maximum absolute atomic E-state index is 11.8. The third-order valence-corrected chi connectivity index (χ3v) is 4.37. The second-order valence-electron chi connectivity index (χ2n) is 5.25. The first-order chi connectivity index (χ1) is 8.29. The van der Waals surface area contributed by atoms with Crippen molar-refractivity contribution < 1.29 is 4.79 Å². The summed E-state index contributed by atoms with van der Waals surface area (Å²) in [5.74, 6) is 2.26. The summed E-state index contributed by atoms with van der Waals surface area (Å²) >= 11 is 1.75. The van der Waals surface area contributed by atoms with Crippen LogP contribution in [0.5, 0.6) is 0 Å². The van der Waals surface area contributed by atoms with Crippen molar-refractivity contribution in [2.24, 2.45) is 5.92 Å². The second kappa shape index (κ2) is 8.28. The van der Waals surface area contributed by atoms with Crippen molar-refractivity contribution >= 4 is 30.1 Å². The van der Waals surface area contributed by atoms with Crippen LogP contribution in [0.4, 0.5) is 0 Å². The quantitative estimate of drug-likeness (QED) is 0.814. The topological polar surface area (TPSA) is 32.3 Å². The molecule has 3 nitrogen and oxygen atoms in total. The second-order valence-corrected chi connectivity index (χ2v) is 6.24. The average Bonchev–Trinajstić information content (AvgIpc) is 3.18. The molecule has 2 aliphatic rings. The highest BCUT2D eigenvalue weighted by atomic mass is 35.5. The summed E-state index contributed by atoms with van der Waals surface area (Å²) in [4.78, 5) is 13.9. The average molecular weight is 293 g/mol. The number of rotatable bonds is 6. The molecule has 0 aromatic heterocycles. The molecule has 0 unspecified atom stereocenters.